The molecule has 1 N–H and O–H groups in total. The fraction of sp³-hybridized carbons (Fsp3) is 0.440. The van der Waals surface area contributed by atoms with Crippen LogP contribution in [0, 0.1) is 18.8 Å². The fourth-order valence-corrected chi connectivity index (χ4v) is 4.75. The molecule has 152 valence electrons. The summed E-state index contributed by atoms with van der Waals surface area (Å²) in [6.07, 6.45) is 3.37. The largest absolute Gasteiger partial charge is 0.351 e. The van der Waals surface area contributed by atoms with Gasteiger partial charge in [-0.2, -0.15) is 0 Å². The maximum absolute atomic E-state index is 13.4. The van der Waals surface area contributed by atoms with E-state index in [9.17, 15) is 9.59 Å². The van der Waals surface area contributed by atoms with Gasteiger partial charge in [-0.3, -0.25) is 9.59 Å². The van der Waals surface area contributed by atoms with Gasteiger partial charge in [-0.05, 0) is 42.4 Å². The average Bonchev–Trinajstić information content (AvgIpc) is 2.99. The number of benzene rings is 2. The predicted octanol–water partition coefficient (Wildman–Crippen LogP) is 4.63. The van der Waals surface area contributed by atoms with E-state index >= 15 is 0 Å². The lowest BCUT2D eigenvalue weighted by Crippen LogP contribution is -2.48. The smallest absolute Gasteiger partial charge is 0.255 e. The van der Waals surface area contributed by atoms with Gasteiger partial charge in [-0.1, -0.05) is 74.7 Å². The van der Waals surface area contributed by atoms with Crippen LogP contribution in [0.3, 0.4) is 0 Å². The summed E-state index contributed by atoms with van der Waals surface area (Å²) in [6.45, 7) is 6.97. The average molecular weight is 391 g/mol. The van der Waals surface area contributed by atoms with E-state index < -0.39 is 6.04 Å². The van der Waals surface area contributed by atoms with Crippen LogP contribution in [0.1, 0.15) is 66.2 Å². The summed E-state index contributed by atoms with van der Waals surface area (Å²) in [5.41, 5.74) is 3.68. The minimum Gasteiger partial charge on any atom is -0.351 e. The maximum Gasteiger partial charge on any atom is 0.255 e. The number of fused-ring (bicyclic) bond motifs is 1. The molecule has 1 aliphatic heterocycles. The maximum atomic E-state index is 13.4. The third-order valence-electron chi connectivity index (χ3n) is 6.81. The van der Waals surface area contributed by atoms with Crippen molar-refractivity contribution in [2.75, 3.05) is 0 Å². The molecule has 2 amide bonds. The highest BCUT2D eigenvalue weighted by Crippen LogP contribution is 2.36. The van der Waals surface area contributed by atoms with Gasteiger partial charge in [0.2, 0.25) is 5.91 Å². The summed E-state index contributed by atoms with van der Waals surface area (Å²) >= 11 is 0. The molecule has 1 fully saturated rings. The zero-order valence-corrected chi connectivity index (χ0v) is 17.5. The van der Waals surface area contributed by atoms with E-state index in [1.54, 1.807) is 4.90 Å². The predicted molar refractivity (Wildman–Crippen MR) is 114 cm³/mol. The van der Waals surface area contributed by atoms with Gasteiger partial charge in [-0.25, -0.2) is 0 Å². The molecule has 4 nitrogen and oxygen atoms in total. The standard InChI is InChI=1S/C25H30N2O2/c1-16-11-13-19(14-12-16)15-27-23(20-8-4-5-9-21(20)25(27)29)24(28)26-22-10-6-7-17(2)18(22)3/h4-5,8-9,11-14,17-18,22-23H,6-7,10,15H2,1-3H3,(H,26,28). The fourth-order valence-electron chi connectivity index (χ4n) is 4.75. The number of aryl methyl sites for hydroxylation is 1. The summed E-state index contributed by atoms with van der Waals surface area (Å²) in [4.78, 5) is 28.3. The Kier molecular flexibility index (Phi) is 5.44. The Labute approximate surface area is 173 Å². The molecule has 4 heteroatoms. The molecule has 4 atom stereocenters. The Morgan fingerprint density at radius 3 is 2.55 bits per heavy atom. The van der Waals surface area contributed by atoms with Crippen molar-refractivity contribution in [2.24, 2.45) is 11.8 Å². The van der Waals surface area contributed by atoms with Crippen LogP contribution in [0.25, 0.3) is 0 Å². The topological polar surface area (TPSA) is 49.4 Å². The second-order valence-corrected chi connectivity index (χ2v) is 8.79. The third-order valence-corrected chi connectivity index (χ3v) is 6.81. The highest BCUT2D eigenvalue weighted by molar-refractivity contribution is 6.04. The first-order chi connectivity index (χ1) is 14.0. The van der Waals surface area contributed by atoms with Crippen molar-refractivity contribution in [2.45, 2.75) is 58.7 Å². The number of nitrogens with one attached hydrogen (secondary N) is 1. The second kappa shape index (κ2) is 8.02. The number of hydrogen-bond donors (Lipinski definition) is 1. The summed E-state index contributed by atoms with van der Waals surface area (Å²) in [6, 6.07) is 15.3. The third kappa shape index (κ3) is 3.81. The molecule has 0 aromatic heterocycles. The van der Waals surface area contributed by atoms with Crippen LogP contribution in [0.4, 0.5) is 0 Å². The molecular weight excluding hydrogens is 360 g/mol. The molecular formula is C25H30N2O2. The molecule has 0 bridgehead atoms. The van der Waals surface area contributed by atoms with Gasteiger partial charge in [0.25, 0.3) is 5.91 Å². The quantitative estimate of drug-likeness (QED) is 0.827. The van der Waals surface area contributed by atoms with Crippen LogP contribution in [0.15, 0.2) is 48.5 Å². The Bertz CT molecular complexity index is 905. The van der Waals surface area contributed by atoms with E-state index in [-0.39, 0.29) is 17.9 Å². The Hall–Kier alpha value is -2.62. The normalized spacial score (nSPS) is 26.3. The zero-order valence-electron chi connectivity index (χ0n) is 17.5. The van der Waals surface area contributed by atoms with E-state index in [1.165, 1.54) is 12.0 Å². The second-order valence-electron chi connectivity index (χ2n) is 8.79. The summed E-state index contributed by atoms with van der Waals surface area (Å²) < 4.78 is 0. The van der Waals surface area contributed by atoms with E-state index in [4.69, 9.17) is 0 Å². The van der Waals surface area contributed by atoms with Gasteiger partial charge in [0.05, 0.1) is 0 Å². The van der Waals surface area contributed by atoms with Crippen LogP contribution >= 0.6 is 0 Å². The molecule has 1 heterocycles. The number of rotatable bonds is 4. The molecule has 4 unspecified atom stereocenters. The summed E-state index contributed by atoms with van der Waals surface area (Å²) in [7, 11) is 0. The number of hydrogen-bond acceptors (Lipinski definition) is 2. The molecule has 2 aromatic carbocycles. The van der Waals surface area contributed by atoms with Gasteiger partial charge in [0.15, 0.2) is 0 Å². The SMILES string of the molecule is Cc1ccc(CN2C(=O)c3ccccc3C2C(=O)NC2CCCC(C)C2C)cc1. The first-order valence-corrected chi connectivity index (χ1v) is 10.7. The first kappa shape index (κ1) is 19.7. The molecule has 4 rings (SSSR count). The highest BCUT2D eigenvalue weighted by Gasteiger charge is 2.42. The number of carbonyl (C=O) groups excluding carboxylic acids is 2. The molecule has 0 saturated heterocycles. The summed E-state index contributed by atoms with van der Waals surface area (Å²) in [5.74, 6) is 0.938. The van der Waals surface area contributed by atoms with Crippen LogP contribution in [0.2, 0.25) is 0 Å². The van der Waals surface area contributed by atoms with Crippen LogP contribution in [-0.2, 0) is 11.3 Å². The molecule has 2 aliphatic rings. The first-order valence-electron chi connectivity index (χ1n) is 10.7. The zero-order chi connectivity index (χ0) is 20.5. The van der Waals surface area contributed by atoms with E-state index in [0.29, 0.717) is 23.9 Å². The van der Waals surface area contributed by atoms with Crippen molar-refractivity contribution in [3.63, 3.8) is 0 Å². The Balaban J connectivity index is 1.61. The van der Waals surface area contributed by atoms with E-state index in [1.807, 2.05) is 55.5 Å². The lowest BCUT2D eigenvalue weighted by atomic mass is 9.78. The van der Waals surface area contributed by atoms with Crippen LogP contribution < -0.4 is 5.32 Å². The van der Waals surface area contributed by atoms with Crippen molar-refractivity contribution >= 4 is 11.8 Å². The van der Waals surface area contributed by atoms with Crippen molar-refractivity contribution < 1.29 is 9.59 Å². The summed E-state index contributed by atoms with van der Waals surface area (Å²) in [5, 5.41) is 3.29. The monoisotopic (exact) mass is 390 g/mol. The van der Waals surface area contributed by atoms with Crippen molar-refractivity contribution in [3.8, 4) is 0 Å². The lowest BCUT2D eigenvalue weighted by Gasteiger charge is -2.36. The van der Waals surface area contributed by atoms with E-state index in [2.05, 4.69) is 19.2 Å². The van der Waals surface area contributed by atoms with Crippen LogP contribution in [-0.4, -0.2) is 22.8 Å². The van der Waals surface area contributed by atoms with Crippen molar-refractivity contribution in [1.82, 2.24) is 10.2 Å². The minimum atomic E-state index is -0.565. The van der Waals surface area contributed by atoms with Crippen LogP contribution in [0.5, 0.6) is 0 Å². The molecule has 1 aliphatic carbocycles. The van der Waals surface area contributed by atoms with Crippen molar-refractivity contribution in [1.29, 1.82) is 0 Å². The molecule has 1 saturated carbocycles. The minimum absolute atomic E-state index is 0.0543. The van der Waals surface area contributed by atoms with E-state index in [0.717, 1.165) is 24.0 Å². The molecule has 0 radical (unpaired) electrons. The van der Waals surface area contributed by atoms with Gasteiger partial charge >= 0.3 is 0 Å². The molecule has 29 heavy (non-hydrogen) atoms. The van der Waals surface area contributed by atoms with Crippen molar-refractivity contribution in [3.05, 3.63) is 70.8 Å². The lowest BCUT2D eigenvalue weighted by molar-refractivity contribution is -0.127. The number of nitrogens with zero attached hydrogens (tertiary/aromatic N) is 1. The van der Waals surface area contributed by atoms with Gasteiger partial charge in [0, 0.05) is 18.2 Å². The number of amides is 2. The molecule has 0 spiro atoms. The Morgan fingerprint density at radius 1 is 1.07 bits per heavy atom. The highest BCUT2D eigenvalue weighted by atomic mass is 16.2. The van der Waals surface area contributed by atoms with Gasteiger partial charge in [0.1, 0.15) is 6.04 Å². The van der Waals surface area contributed by atoms with Gasteiger partial charge in [-0.15, -0.1) is 0 Å². The number of carbonyl (C=O) groups is 2. The van der Waals surface area contributed by atoms with Gasteiger partial charge < -0.3 is 10.2 Å². The Morgan fingerprint density at radius 2 is 1.79 bits per heavy atom. The molecule has 2 aromatic rings.